The van der Waals surface area contributed by atoms with Crippen molar-refractivity contribution in [3.05, 3.63) is 35.9 Å². The highest BCUT2D eigenvalue weighted by Crippen LogP contribution is 2.30. The number of benzene rings is 1. The van der Waals surface area contributed by atoms with Crippen molar-refractivity contribution in [2.75, 3.05) is 6.61 Å². The molecule has 0 spiro atoms. The Balaban J connectivity index is 1.99. The molecule has 15 heavy (non-hydrogen) atoms. The van der Waals surface area contributed by atoms with Crippen LogP contribution in [-0.2, 0) is 9.47 Å². The minimum absolute atomic E-state index is 0.162. The van der Waals surface area contributed by atoms with E-state index in [1.165, 1.54) is 0 Å². The van der Waals surface area contributed by atoms with Crippen molar-refractivity contribution in [3.63, 3.8) is 0 Å². The molecule has 2 heteroatoms. The van der Waals surface area contributed by atoms with Gasteiger partial charge < -0.3 is 9.47 Å². The van der Waals surface area contributed by atoms with Crippen LogP contribution in [0.1, 0.15) is 32.1 Å². The minimum Gasteiger partial charge on any atom is -0.346 e. The molecule has 1 aromatic carbocycles. The average molecular weight is 206 g/mol. The lowest BCUT2D eigenvalue weighted by Gasteiger charge is -2.16. The third-order valence-electron chi connectivity index (χ3n) is 3.06. The lowest BCUT2D eigenvalue weighted by atomic mass is 10.0. The van der Waals surface area contributed by atoms with Crippen molar-refractivity contribution < 1.29 is 9.47 Å². The summed E-state index contributed by atoms with van der Waals surface area (Å²) in [7, 11) is 0. The molecule has 1 aliphatic rings. The maximum atomic E-state index is 5.88. The van der Waals surface area contributed by atoms with Crippen LogP contribution >= 0.6 is 0 Å². The van der Waals surface area contributed by atoms with Gasteiger partial charge in [0.05, 0.1) is 12.7 Å². The fraction of sp³-hybridized carbons (Fsp3) is 0.538. The first-order chi connectivity index (χ1) is 7.31. The van der Waals surface area contributed by atoms with Gasteiger partial charge in [-0.05, 0) is 5.92 Å². The van der Waals surface area contributed by atoms with Gasteiger partial charge in [-0.2, -0.15) is 0 Å². The van der Waals surface area contributed by atoms with Crippen LogP contribution in [0.25, 0.3) is 0 Å². The second kappa shape index (κ2) is 4.77. The Kier molecular flexibility index (Phi) is 3.39. The Labute approximate surface area is 91.2 Å². The molecule has 2 rings (SSSR count). The molecule has 0 amide bonds. The molecule has 0 bridgehead atoms. The van der Waals surface area contributed by atoms with E-state index in [0.717, 1.165) is 12.0 Å². The van der Waals surface area contributed by atoms with Crippen LogP contribution in [0.5, 0.6) is 0 Å². The fourth-order valence-corrected chi connectivity index (χ4v) is 1.77. The van der Waals surface area contributed by atoms with Crippen LogP contribution < -0.4 is 0 Å². The average Bonchev–Trinajstić information content (AvgIpc) is 2.78. The molecule has 0 radical (unpaired) electrons. The summed E-state index contributed by atoms with van der Waals surface area (Å²) in [5.74, 6) is 0.568. The topological polar surface area (TPSA) is 18.5 Å². The first-order valence-electron chi connectivity index (χ1n) is 5.63. The molecule has 1 saturated heterocycles. The van der Waals surface area contributed by atoms with Gasteiger partial charge in [0, 0.05) is 5.56 Å². The first-order valence-corrected chi connectivity index (χ1v) is 5.63. The van der Waals surface area contributed by atoms with E-state index in [4.69, 9.17) is 9.47 Å². The van der Waals surface area contributed by atoms with Gasteiger partial charge in [-0.1, -0.05) is 50.6 Å². The summed E-state index contributed by atoms with van der Waals surface area (Å²) in [5.41, 5.74) is 1.11. The van der Waals surface area contributed by atoms with Crippen molar-refractivity contribution in [1.29, 1.82) is 0 Å². The van der Waals surface area contributed by atoms with Crippen molar-refractivity contribution in [3.8, 4) is 0 Å². The van der Waals surface area contributed by atoms with Crippen LogP contribution in [0, 0.1) is 5.92 Å². The first kappa shape index (κ1) is 10.7. The quantitative estimate of drug-likeness (QED) is 0.756. The van der Waals surface area contributed by atoms with E-state index in [0.29, 0.717) is 12.5 Å². The van der Waals surface area contributed by atoms with Crippen LogP contribution in [-0.4, -0.2) is 12.7 Å². The number of hydrogen-bond donors (Lipinski definition) is 0. The highest BCUT2D eigenvalue weighted by molar-refractivity contribution is 5.16. The molecule has 1 aromatic rings. The second-order valence-corrected chi connectivity index (χ2v) is 4.14. The molecule has 2 nitrogen and oxygen atoms in total. The molecule has 82 valence electrons. The number of ether oxygens (including phenoxy) is 2. The van der Waals surface area contributed by atoms with E-state index < -0.39 is 0 Å². The Morgan fingerprint density at radius 1 is 1.33 bits per heavy atom. The predicted octanol–water partition coefficient (Wildman–Crippen LogP) is 3.15. The molecule has 3 unspecified atom stereocenters. The van der Waals surface area contributed by atoms with Crippen molar-refractivity contribution in [1.82, 2.24) is 0 Å². The van der Waals surface area contributed by atoms with Gasteiger partial charge in [-0.3, -0.25) is 0 Å². The van der Waals surface area contributed by atoms with Crippen LogP contribution in [0.3, 0.4) is 0 Å². The number of rotatable bonds is 3. The summed E-state index contributed by atoms with van der Waals surface area (Å²) < 4.78 is 11.5. The van der Waals surface area contributed by atoms with Crippen molar-refractivity contribution >= 4 is 0 Å². The third kappa shape index (κ3) is 2.39. The van der Waals surface area contributed by atoms with Crippen LogP contribution in [0.2, 0.25) is 0 Å². The lowest BCUT2D eigenvalue weighted by molar-refractivity contribution is -0.0685. The SMILES string of the molecule is CCC(C)C1COC(c2ccccc2)O1. The summed E-state index contributed by atoms with van der Waals surface area (Å²) in [6.07, 6.45) is 1.22. The van der Waals surface area contributed by atoms with Gasteiger partial charge >= 0.3 is 0 Å². The van der Waals surface area contributed by atoms with Gasteiger partial charge in [-0.25, -0.2) is 0 Å². The molecule has 0 N–H and O–H groups in total. The molecule has 0 saturated carbocycles. The molecule has 0 aliphatic carbocycles. The number of hydrogen-bond acceptors (Lipinski definition) is 2. The Morgan fingerprint density at radius 2 is 2.07 bits per heavy atom. The van der Waals surface area contributed by atoms with E-state index in [1.54, 1.807) is 0 Å². The van der Waals surface area contributed by atoms with E-state index >= 15 is 0 Å². The zero-order chi connectivity index (χ0) is 10.7. The Hall–Kier alpha value is -0.860. The Bertz CT molecular complexity index is 297. The standard InChI is InChI=1S/C13H18O2/c1-3-10(2)12-9-14-13(15-12)11-7-5-4-6-8-11/h4-8,10,12-13H,3,9H2,1-2H3. The van der Waals surface area contributed by atoms with Crippen molar-refractivity contribution in [2.45, 2.75) is 32.7 Å². The molecule has 1 heterocycles. The minimum atomic E-state index is -0.162. The lowest BCUT2D eigenvalue weighted by Crippen LogP contribution is -2.19. The Morgan fingerprint density at radius 3 is 2.73 bits per heavy atom. The van der Waals surface area contributed by atoms with Gasteiger partial charge in [-0.15, -0.1) is 0 Å². The molecular weight excluding hydrogens is 188 g/mol. The normalized spacial score (nSPS) is 27.9. The van der Waals surface area contributed by atoms with E-state index in [9.17, 15) is 0 Å². The fourth-order valence-electron chi connectivity index (χ4n) is 1.77. The van der Waals surface area contributed by atoms with E-state index in [2.05, 4.69) is 13.8 Å². The summed E-state index contributed by atoms with van der Waals surface area (Å²) in [4.78, 5) is 0. The highest BCUT2D eigenvalue weighted by Gasteiger charge is 2.30. The van der Waals surface area contributed by atoms with E-state index in [-0.39, 0.29) is 12.4 Å². The van der Waals surface area contributed by atoms with Crippen LogP contribution in [0.4, 0.5) is 0 Å². The van der Waals surface area contributed by atoms with Gasteiger partial charge in [0.25, 0.3) is 0 Å². The van der Waals surface area contributed by atoms with Crippen molar-refractivity contribution in [2.24, 2.45) is 5.92 Å². The predicted molar refractivity (Wildman–Crippen MR) is 59.5 cm³/mol. The maximum Gasteiger partial charge on any atom is 0.184 e. The van der Waals surface area contributed by atoms with Gasteiger partial charge in [0.2, 0.25) is 0 Å². The molecule has 3 atom stereocenters. The monoisotopic (exact) mass is 206 g/mol. The van der Waals surface area contributed by atoms with E-state index in [1.807, 2.05) is 30.3 Å². The maximum absolute atomic E-state index is 5.88. The molecule has 0 aromatic heterocycles. The second-order valence-electron chi connectivity index (χ2n) is 4.14. The zero-order valence-corrected chi connectivity index (χ0v) is 9.35. The summed E-state index contributed by atoms with van der Waals surface area (Å²) in [6.45, 7) is 5.11. The zero-order valence-electron chi connectivity index (χ0n) is 9.35. The molecule has 1 aliphatic heterocycles. The third-order valence-corrected chi connectivity index (χ3v) is 3.06. The van der Waals surface area contributed by atoms with Gasteiger partial charge in [0.15, 0.2) is 6.29 Å². The summed E-state index contributed by atoms with van der Waals surface area (Å²) >= 11 is 0. The summed E-state index contributed by atoms with van der Waals surface area (Å²) in [5, 5.41) is 0. The largest absolute Gasteiger partial charge is 0.346 e. The molecular formula is C13H18O2. The molecule has 1 fully saturated rings. The van der Waals surface area contributed by atoms with Crippen LogP contribution in [0.15, 0.2) is 30.3 Å². The smallest absolute Gasteiger partial charge is 0.184 e. The van der Waals surface area contributed by atoms with Gasteiger partial charge in [0.1, 0.15) is 0 Å². The highest BCUT2D eigenvalue weighted by atomic mass is 16.7. The summed E-state index contributed by atoms with van der Waals surface area (Å²) in [6, 6.07) is 10.1.